The van der Waals surface area contributed by atoms with Gasteiger partial charge in [0.2, 0.25) is 5.91 Å². The fourth-order valence-corrected chi connectivity index (χ4v) is 1.87. The Morgan fingerprint density at radius 3 is 2.89 bits per heavy atom. The highest BCUT2D eigenvalue weighted by molar-refractivity contribution is 5.76. The molecule has 1 heterocycles. The van der Waals surface area contributed by atoms with E-state index in [-0.39, 0.29) is 24.8 Å². The molecule has 2 rings (SSSR count). The minimum Gasteiger partial charge on any atom is -0.442 e. The lowest BCUT2D eigenvalue weighted by molar-refractivity contribution is -0.130. The Morgan fingerprint density at radius 2 is 2.22 bits per heavy atom. The smallest absolute Gasteiger partial charge is 0.290 e. The minimum atomic E-state index is -1.49. The first-order valence-corrected chi connectivity index (χ1v) is 6.06. The molecule has 1 aliphatic rings. The van der Waals surface area contributed by atoms with E-state index in [9.17, 15) is 9.90 Å². The summed E-state index contributed by atoms with van der Waals surface area (Å²) in [7, 11) is 0. The van der Waals surface area contributed by atoms with Crippen LogP contribution in [-0.4, -0.2) is 23.0 Å². The number of ether oxygens (including phenoxy) is 1. The molecule has 1 aromatic rings. The Kier molecular flexibility index (Phi) is 3.43. The van der Waals surface area contributed by atoms with Gasteiger partial charge in [-0.2, -0.15) is 0 Å². The van der Waals surface area contributed by atoms with Gasteiger partial charge in [-0.05, 0) is 26.0 Å². The summed E-state index contributed by atoms with van der Waals surface area (Å²) in [6, 6.07) is 7.38. The second-order valence-corrected chi connectivity index (χ2v) is 4.73. The van der Waals surface area contributed by atoms with Crippen molar-refractivity contribution in [3.8, 4) is 5.75 Å². The maximum atomic E-state index is 11.5. The third kappa shape index (κ3) is 2.92. The van der Waals surface area contributed by atoms with E-state index >= 15 is 0 Å². The van der Waals surface area contributed by atoms with E-state index in [0.717, 1.165) is 5.69 Å². The van der Waals surface area contributed by atoms with E-state index in [1.807, 2.05) is 32.0 Å². The zero-order valence-electron chi connectivity index (χ0n) is 10.6. The normalized spacial score (nSPS) is 21.1. The topological polar surface area (TPSA) is 70.6 Å². The summed E-state index contributed by atoms with van der Waals surface area (Å²) in [6.45, 7) is 3.79. The van der Waals surface area contributed by atoms with Crippen LogP contribution in [0.5, 0.6) is 5.75 Å². The summed E-state index contributed by atoms with van der Waals surface area (Å²) >= 11 is 0. The second kappa shape index (κ2) is 4.86. The zero-order valence-corrected chi connectivity index (χ0v) is 10.6. The van der Waals surface area contributed by atoms with Crippen molar-refractivity contribution in [2.45, 2.75) is 38.6 Å². The summed E-state index contributed by atoms with van der Waals surface area (Å²) < 4.78 is 5.41. The van der Waals surface area contributed by atoms with E-state index in [1.165, 1.54) is 0 Å². The van der Waals surface area contributed by atoms with Gasteiger partial charge in [0.05, 0.1) is 5.69 Å². The molecule has 5 heteroatoms. The number of hydrogen-bond acceptors (Lipinski definition) is 4. The quantitative estimate of drug-likeness (QED) is 0.756. The van der Waals surface area contributed by atoms with Crippen LogP contribution in [-0.2, 0) is 4.79 Å². The number of para-hydroxylation sites is 2. The summed E-state index contributed by atoms with van der Waals surface area (Å²) in [4.78, 5) is 11.5. The highest BCUT2D eigenvalue weighted by atomic mass is 16.7. The Balaban J connectivity index is 1.90. The molecule has 0 radical (unpaired) electrons. The molecule has 5 nitrogen and oxygen atoms in total. The lowest BCUT2D eigenvalue weighted by Crippen LogP contribution is -2.41. The van der Waals surface area contributed by atoms with Gasteiger partial charge in [0.15, 0.2) is 0 Å². The molecule has 0 fully saturated rings. The summed E-state index contributed by atoms with van der Waals surface area (Å²) in [5.41, 5.74) is 0.740. The first-order chi connectivity index (χ1) is 8.48. The number of rotatable bonds is 4. The van der Waals surface area contributed by atoms with Crippen LogP contribution in [0, 0.1) is 0 Å². The highest BCUT2D eigenvalue weighted by Gasteiger charge is 2.36. The predicted molar refractivity (Wildman–Crippen MR) is 68.2 cm³/mol. The summed E-state index contributed by atoms with van der Waals surface area (Å²) in [6.07, 6.45) is 0.399. The second-order valence-electron chi connectivity index (χ2n) is 4.73. The number of aliphatic hydroxyl groups is 1. The Labute approximate surface area is 106 Å². The van der Waals surface area contributed by atoms with Crippen molar-refractivity contribution in [3.63, 3.8) is 0 Å². The molecular weight excluding hydrogens is 232 g/mol. The molecule has 0 aromatic heterocycles. The molecule has 0 bridgehead atoms. The first kappa shape index (κ1) is 12.7. The fourth-order valence-electron chi connectivity index (χ4n) is 1.87. The van der Waals surface area contributed by atoms with Gasteiger partial charge in [0.1, 0.15) is 5.75 Å². The minimum absolute atomic E-state index is 0.0974. The highest BCUT2D eigenvalue weighted by Crippen LogP contribution is 2.36. The number of carbonyl (C=O) groups excluding carboxylic acids is 1. The average molecular weight is 250 g/mol. The van der Waals surface area contributed by atoms with Crippen LogP contribution >= 0.6 is 0 Å². The SMILES string of the molecule is CC(C)NC(=O)CCC1(O)Nc2ccccc2O1. The monoisotopic (exact) mass is 250 g/mol. The molecule has 0 aliphatic carbocycles. The van der Waals surface area contributed by atoms with Gasteiger partial charge >= 0.3 is 0 Å². The third-order valence-corrected chi connectivity index (χ3v) is 2.64. The van der Waals surface area contributed by atoms with E-state index in [4.69, 9.17) is 4.74 Å². The molecule has 1 unspecified atom stereocenters. The third-order valence-electron chi connectivity index (χ3n) is 2.64. The van der Waals surface area contributed by atoms with Crippen molar-refractivity contribution >= 4 is 11.6 Å². The van der Waals surface area contributed by atoms with Crippen LogP contribution in [0.15, 0.2) is 24.3 Å². The molecule has 3 N–H and O–H groups in total. The van der Waals surface area contributed by atoms with Crippen LogP contribution in [0.25, 0.3) is 0 Å². The van der Waals surface area contributed by atoms with Gasteiger partial charge in [-0.1, -0.05) is 12.1 Å². The maximum Gasteiger partial charge on any atom is 0.290 e. The van der Waals surface area contributed by atoms with Gasteiger partial charge < -0.3 is 20.5 Å². The number of amides is 1. The van der Waals surface area contributed by atoms with Crippen LogP contribution < -0.4 is 15.4 Å². The lowest BCUT2D eigenvalue weighted by Gasteiger charge is -2.22. The van der Waals surface area contributed by atoms with Crippen molar-refractivity contribution in [1.82, 2.24) is 5.32 Å². The van der Waals surface area contributed by atoms with E-state index < -0.39 is 5.91 Å². The number of anilines is 1. The van der Waals surface area contributed by atoms with Crippen LogP contribution in [0.2, 0.25) is 0 Å². The molecule has 1 amide bonds. The van der Waals surface area contributed by atoms with Crippen LogP contribution in [0.4, 0.5) is 5.69 Å². The number of nitrogens with one attached hydrogen (secondary N) is 2. The average Bonchev–Trinajstić information content (AvgIpc) is 2.62. The van der Waals surface area contributed by atoms with Crippen molar-refractivity contribution in [1.29, 1.82) is 0 Å². The van der Waals surface area contributed by atoms with E-state index in [1.54, 1.807) is 6.07 Å². The van der Waals surface area contributed by atoms with Crippen LogP contribution in [0.3, 0.4) is 0 Å². The first-order valence-electron chi connectivity index (χ1n) is 6.06. The molecule has 1 aromatic carbocycles. The Hall–Kier alpha value is -1.75. The number of carbonyl (C=O) groups is 1. The van der Waals surface area contributed by atoms with Gasteiger partial charge in [-0.15, -0.1) is 0 Å². The summed E-state index contributed by atoms with van der Waals surface area (Å²) in [5, 5.41) is 15.8. The molecule has 0 saturated heterocycles. The maximum absolute atomic E-state index is 11.5. The van der Waals surface area contributed by atoms with Crippen molar-refractivity contribution in [2.75, 3.05) is 5.32 Å². The van der Waals surface area contributed by atoms with Crippen molar-refractivity contribution < 1.29 is 14.6 Å². The van der Waals surface area contributed by atoms with E-state index in [0.29, 0.717) is 5.75 Å². The predicted octanol–water partition coefficient (Wildman–Crippen LogP) is 1.44. The van der Waals surface area contributed by atoms with Crippen LogP contribution in [0.1, 0.15) is 26.7 Å². The Morgan fingerprint density at radius 1 is 1.50 bits per heavy atom. The zero-order chi connectivity index (χ0) is 13.2. The number of benzene rings is 1. The Bertz CT molecular complexity index is 421. The molecule has 0 spiro atoms. The molecule has 0 saturated carbocycles. The van der Waals surface area contributed by atoms with Gasteiger partial charge in [-0.25, -0.2) is 0 Å². The number of hydrogen-bond donors (Lipinski definition) is 3. The fraction of sp³-hybridized carbons (Fsp3) is 0.462. The lowest BCUT2D eigenvalue weighted by atomic mass is 10.2. The van der Waals surface area contributed by atoms with Crippen molar-refractivity contribution in [2.24, 2.45) is 0 Å². The van der Waals surface area contributed by atoms with Crippen molar-refractivity contribution in [3.05, 3.63) is 24.3 Å². The summed E-state index contributed by atoms with van der Waals surface area (Å²) in [5.74, 6) is -0.984. The van der Waals surface area contributed by atoms with E-state index in [2.05, 4.69) is 10.6 Å². The number of fused-ring (bicyclic) bond motifs is 1. The molecule has 18 heavy (non-hydrogen) atoms. The standard InChI is InChI=1S/C13H18N2O3/c1-9(2)14-12(16)7-8-13(17)15-10-5-3-4-6-11(10)18-13/h3-6,9,15,17H,7-8H2,1-2H3,(H,14,16). The molecule has 1 aliphatic heterocycles. The molecule has 98 valence electrons. The molecule has 1 atom stereocenters. The van der Waals surface area contributed by atoms with Gasteiger partial charge in [0, 0.05) is 18.9 Å². The van der Waals surface area contributed by atoms with Gasteiger partial charge in [-0.3, -0.25) is 4.79 Å². The molecular formula is C13H18N2O3. The largest absolute Gasteiger partial charge is 0.442 e. The van der Waals surface area contributed by atoms with Gasteiger partial charge in [0.25, 0.3) is 5.91 Å².